The standard InChI is InChI=1S/C18H31NO3/c1-2-3-4-5-6-7-8-9-10-11-12-15-22-18(21)16-13-14-17(20)19-16/h7-8,16H,2-6,9-15H2,1H3,(H,19,20)/b8-7+/t16-/m0/s1. The number of hydrogen-bond donors (Lipinski definition) is 1. The molecule has 0 bridgehead atoms. The van der Waals surface area contributed by atoms with Gasteiger partial charge in [-0.1, -0.05) is 38.3 Å². The van der Waals surface area contributed by atoms with Crippen LogP contribution in [0.4, 0.5) is 0 Å². The number of ether oxygens (including phenoxy) is 1. The summed E-state index contributed by atoms with van der Waals surface area (Å²) in [5, 5.41) is 2.62. The number of carbonyl (C=O) groups excluding carboxylic acids is 2. The molecule has 1 N–H and O–H groups in total. The van der Waals surface area contributed by atoms with Crippen LogP contribution in [0.2, 0.25) is 0 Å². The smallest absolute Gasteiger partial charge is 0.328 e. The molecule has 22 heavy (non-hydrogen) atoms. The molecule has 0 aromatic heterocycles. The molecular weight excluding hydrogens is 278 g/mol. The van der Waals surface area contributed by atoms with Crippen LogP contribution in [0.15, 0.2) is 12.2 Å². The summed E-state index contributed by atoms with van der Waals surface area (Å²) < 4.78 is 5.19. The second-order valence-corrected chi connectivity index (χ2v) is 6.00. The molecule has 1 aliphatic heterocycles. The fourth-order valence-corrected chi connectivity index (χ4v) is 2.53. The summed E-state index contributed by atoms with van der Waals surface area (Å²) in [6.07, 6.45) is 16.3. The van der Waals surface area contributed by atoms with E-state index in [2.05, 4.69) is 24.4 Å². The summed E-state index contributed by atoms with van der Waals surface area (Å²) in [7, 11) is 0. The van der Waals surface area contributed by atoms with Crippen molar-refractivity contribution in [3.05, 3.63) is 12.2 Å². The monoisotopic (exact) mass is 309 g/mol. The van der Waals surface area contributed by atoms with Crippen LogP contribution in [-0.4, -0.2) is 24.5 Å². The van der Waals surface area contributed by atoms with Crippen LogP contribution in [0.25, 0.3) is 0 Å². The highest BCUT2D eigenvalue weighted by molar-refractivity contribution is 5.87. The van der Waals surface area contributed by atoms with Crippen molar-refractivity contribution >= 4 is 11.9 Å². The Morgan fingerprint density at radius 1 is 1.14 bits per heavy atom. The Labute approximate surface area is 134 Å². The highest BCUT2D eigenvalue weighted by Crippen LogP contribution is 2.09. The normalized spacial score (nSPS) is 17.9. The average Bonchev–Trinajstić information content (AvgIpc) is 2.95. The summed E-state index contributed by atoms with van der Waals surface area (Å²) >= 11 is 0. The van der Waals surface area contributed by atoms with E-state index in [1.807, 2.05) is 0 Å². The van der Waals surface area contributed by atoms with E-state index >= 15 is 0 Å². The zero-order valence-corrected chi connectivity index (χ0v) is 13.9. The molecular formula is C18H31NO3. The molecule has 0 radical (unpaired) electrons. The van der Waals surface area contributed by atoms with E-state index in [1.165, 1.54) is 32.1 Å². The molecule has 1 saturated heterocycles. The van der Waals surface area contributed by atoms with Gasteiger partial charge in [-0.05, 0) is 44.9 Å². The Balaban J connectivity index is 1.86. The summed E-state index contributed by atoms with van der Waals surface area (Å²) in [6, 6.07) is -0.414. The highest BCUT2D eigenvalue weighted by atomic mass is 16.5. The maximum absolute atomic E-state index is 11.6. The minimum Gasteiger partial charge on any atom is -0.464 e. The first kappa shape index (κ1) is 18.7. The van der Waals surface area contributed by atoms with Gasteiger partial charge in [0.1, 0.15) is 6.04 Å². The number of unbranched alkanes of at least 4 members (excludes halogenated alkanes) is 7. The third kappa shape index (κ3) is 8.85. The Hall–Kier alpha value is -1.32. The number of esters is 1. The number of hydrogen-bond acceptors (Lipinski definition) is 3. The Morgan fingerprint density at radius 2 is 1.82 bits per heavy atom. The Morgan fingerprint density at radius 3 is 2.41 bits per heavy atom. The molecule has 1 amide bonds. The second kappa shape index (κ2) is 12.2. The fourth-order valence-electron chi connectivity index (χ4n) is 2.53. The van der Waals surface area contributed by atoms with Crippen LogP contribution in [0.1, 0.15) is 77.6 Å². The number of rotatable bonds is 12. The van der Waals surface area contributed by atoms with E-state index in [-0.39, 0.29) is 11.9 Å². The van der Waals surface area contributed by atoms with E-state index < -0.39 is 6.04 Å². The van der Waals surface area contributed by atoms with E-state index in [0.717, 1.165) is 25.7 Å². The number of nitrogens with one attached hydrogen (secondary N) is 1. The molecule has 0 aromatic carbocycles. The Bertz CT molecular complexity index is 352. The summed E-state index contributed by atoms with van der Waals surface area (Å²) in [4.78, 5) is 22.6. The zero-order chi connectivity index (χ0) is 16.0. The molecule has 4 nitrogen and oxygen atoms in total. The number of allylic oxidation sites excluding steroid dienone is 2. The van der Waals surface area contributed by atoms with Crippen LogP contribution in [0, 0.1) is 0 Å². The third-order valence-corrected chi connectivity index (χ3v) is 3.93. The van der Waals surface area contributed by atoms with Crippen molar-refractivity contribution in [2.45, 2.75) is 83.6 Å². The van der Waals surface area contributed by atoms with Gasteiger partial charge in [-0.15, -0.1) is 0 Å². The summed E-state index contributed by atoms with van der Waals surface area (Å²) in [5.41, 5.74) is 0. The molecule has 0 spiro atoms. The number of amides is 1. The van der Waals surface area contributed by atoms with Gasteiger partial charge in [0.2, 0.25) is 5.91 Å². The average molecular weight is 309 g/mol. The summed E-state index contributed by atoms with van der Waals surface area (Å²) in [5.74, 6) is -0.332. The molecule has 1 aliphatic rings. The van der Waals surface area contributed by atoms with E-state index in [9.17, 15) is 9.59 Å². The molecule has 0 aromatic rings. The van der Waals surface area contributed by atoms with Crippen molar-refractivity contribution in [2.75, 3.05) is 6.61 Å². The van der Waals surface area contributed by atoms with Crippen LogP contribution < -0.4 is 5.32 Å². The lowest BCUT2D eigenvalue weighted by atomic mass is 10.1. The number of carbonyl (C=O) groups is 2. The van der Waals surface area contributed by atoms with Crippen molar-refractivity contribution in [1.82, 2.24) is 5.32 Å². The van der Waals surface area contributed by atoms with Crippen LogP contribution in [-0.2, 0) is 14.3 Å². The molecule has 1 heterocycles. The lowest BCUT2D eigenvalue weighted by molar-refractivity contribution is -0.146. The predicted octanol–water partition coefficient (Wildman–Crippen LogP) is 3.90. The second-order valence-electron chi connectivity index (χ2n) is 6.00. The lowest BCUT2D eigenvalue weighted by Crippen LogP contribution is -2.34. The van der Waals surface area contributed by atoms with Crippen molar-refractivity contribution in [3.8, 4) is 0 Å². The van der Waals surface area contributed by atoms with Gasteiger partial charge in [-0.2, -0.15) is 0 Å². The molecule has 0 unspecified atom stereocenters. The quantitative estimate of drug-likeness (QED) is 0.338. The first-order chi connectivity index (χ1) is 10.7. The van der Waals surface area contributed by atoms with Gasteiger partial charge in [0.05, 0.1) is 6.61 Å². The van der Waals surface area contributed by atoms with E-state index in [0.29, 0.717) is 19.4 Å². The molecule has 126 valence electrons. The van der Waals surface area contributed by atoms with Gasteiger partial charge in [0.25, 0.3) is 0 Å². The van der Waals surface area contributed by atoms with Crippen LogP contribution >= 0.6 is 0 Å². The van der Waals surface area contributed by atoms with Gasteiger partial charge >= 0.3 is 5.97 Å². The minimum atomic E-state index is -0.414. The SMILES string of the molecule is CCCCCC/C=C/CCCCCOC(=O)[C@@H]1CCC(=O)N1. The highest BCUT2D eigenvalue weighted by Gasteiger charge is 2.28. The molecule has 4 heteroatoms. The van der Waals surface area contributed by atoms with Crippen LogP contribution in [0.3, 0.4) is 0 Å². The molecule has 0 aliphatic carbocycles. The molecule has 1 atom stereocenters. The maximum Gasteiger partial charge on any atom is 0.328 e. The van der Waals surface area contributed by atoms with Gasteiger partial charge in [-0.25, -0.2) is 4.79 Å². The Kier molecular flexibility index (Phi) is 10.4. The van der Waals surface area contributed by atoms with Gasteiger partial charge < -0.3 is 10.1 Å². The first-order valence-corrected chi connectivity index (χ1v) is 8.85. The largest absolute Gasteiger partial charge is 0.464 e. The van der Waals surface area contributed by atoms with Gasteiger partial charge in [0.15, 0.2) is 0 Å². The summed E-state index contributed by atoms with van der Waals surface area (Å²) in [6.45, 7) is 2.70. The van der Waals surface area contributed by atoms with E-state index in [4.69, 9.17) is 4.74 Å². The van der Waals surface area contributed by atoms with Crippen molar-refractivity contribution in [1.29, 1.82) is 0 Å². The fraction of sp³-hybridized carbons (Fsp3) is 0.778. The van der Waals surface area contributed by atoms with Crippen LogP contribution in [0.5, 0.6) is 0 Å². The topological polar surface area (TPSA) is 55.4 Å². The van der Waals surface area contributed by atoms with Gasteiger partial charge in [-0.3, -0.25) is 4.79 Å². The molecule has 1 fully saturated rings. The molecule has 0 saturated carbocycles. The predicted molar refractivity (Wildman–Crippen MR) is 88.5 cm³/mol. The van der Waals surface area contributed by atoms with Crippen molar-refractivity contribution in [3.63, 3.8) is 0 Å². The molecule has 1 rings (SSSR count). The van der Waals surface area contributed by atoms with Crippen molar-refractivity contribution in [2.24, 2.45) is 0 Å². The zero-order valence-electron chi connectivity index (χ0n) is 13.9. The lowest BCUT2D eigenvalue weighted by Gasteiger charge is -2.09. The van der Waals surface area contributed by atoms with Crippen molar-refractivity contribution < 1.29 is 14.3 Å². The minimum absolute atomic E-state index is 0.0524. The van der Waals surface area contributed by atoms with E-state index in [1.54, 1.807) is 0 Å². The van der Waals surface area contributed by atoms with Gasteiger partial charge in [0, 0.05) is 6.42 Å². The first-order valence-electron chi connectivity index (χ1n) is 8.85. The maximum atomic E-state index is 11.6. The third-order valence-electron chi connectivity index (χ3n) is 3.93.